The van der Waals surface area contributed by atoms with Gasteiger partial charge < -0.3 is 9.80 Å². The van der Waals surface area contributed by atoms with Crippen molar-refractivity contribution in [3.8, 4) is 0 Å². The lowest BCUT2D eigenvalue weighted by Crippen LogP contribution is -2.51. The van der Waals surface area contributed by atoms with Gasteiger partial charge in [-0.3, -0.25) is 9.59 Å². The lowest BCUT2D eigenvalue weighted by molar-refractivity contribution is -0.131. The molecular formula is C20H20ClFN2O2. The maximum Gasteiger partial charge on any atom is 0.257 e. The number of piperazine rings is 1. The normalized spacial score (nSPS) is 14.4. The average molecular weight is 375 g/mol. The Morgan fingerprint density at radius 2 is 1.73 bits per heavy atom. The maximum absolute atomic E-state index is 13.9. The first kappa shape index (κ1) is 18.4. The molecule has 1 saturated heterocycles. The van der Waals surface area contributed by atoms with Crippen LogP contribution in [-0.2, 0) is 11.2 Å². The van der Waals surface area contributed by atoms with Crippen LogP contribution < -0.4 is 0 Å². The molecule has 2 aromatic rings. The van der Waals surface area contributed by atoms with Crippen LogP contribution in [0, 0.1) is 12.7 Å². The molecule has 26 heavy (non-hydrogen) atoms. The number of hydrogen-bond donors (Lipinski definition) is 0. The molecule has 1 fully saturated rings. The van der Waals surface area contributed by atoms with Crippen LogP contribution in [0.4, 0.5) is 4.39 Å². The summed E-state index contributed by atoms with van der Waals surface area (Å²) in [6.45, 7) is 3.64. The summed E-state index contributed by atoms with van der Waals surface area (Å²) >= 11 is 5.86. The maximum atomic E-state index is 13.9. The molecule has 2 aromatic carbocycles. The van der Waals surface area contributed by atoms with Gasteiger partial charge in [-0.15, -0.1) is 0 Å². The summed E-state index contributed by atoms with van der Waals surface area (Å²) in [4.78, 5) is 28.3. The Hall–Kier alpha value is -2.40. The second kappa shape index (κ2) is 7.87. The number of amides is 2. The number of halogens is 2. The van der Waals surface area contributed by atoms with E-state index in [0.717, 1.165) is 11.1 Å². The predicted octanol–water partition coefficient (Wildman–Crippen LogP) is 3.31. The molecule has 0 saturated carbocycles. The van der Waals surface area contributed by atoms with E-state index in [1.165, 1.54) is 18.2 Å². The smallest absolute Gasteiger partial charge is 0.257 e. The monoisotopic (exact) mass is 374 g/mol. The Bertz CT molecular complexity index is 832. The van der Waals surface area contributed by atoms with Gasteiger partial charge in [-0.2, -0.15) is 0 Å². The molecule has 6 heteroatoms. The van der Waals surface area contributed by atoms with Gasteiger partial charge in [-0.25, -0.2) is 4.39 Å². The van der Waals surface area contributed by atoms with Crippen LogP contribution in [0.25, 0.3) is 0 Å². The largest absolute Gasteiger partial charge is 0.339 e. The number of hydrogen-bond acceptors (Lipinski definition) is 2. The van der Waals surface area contributed by atoms with Crippen molar-refractivity contribution >= 4 is 23.4 Å². The predicted molar refractivity (Wildman–Crippen MR) is 98.8 cm³/mol. The van der Waals surface area contributed by atoms with Crippen LogP contribution in [0.1, 0.15) is 21.5 Å². The molecule has 0 atom stereocenters. The number of carbonyl (C=O) groups excluding carboxylic acids is 2. The second-order valence-corrected chi connectivity index (χ2v) is 6.90. The molecule has 3 rings (SSSR count). The van der Waals surface area contributed by atoms with Crippen LogP contribution in [0.3, 0.4) is 0 Å². The molecule has 136 valence electrons. The average Bonchev–Trinajstić information content (AvgIpc) is 2.63. The summed E-state index contributed by atoms with van der Waals surface area (Å²) in [5, 5.41) is 0.321. The van der Waals surface area contributed by atoms with Gasteiger partial charge >= 0.3 is 0 Å². The SMILES string of the molecule is Cc1cccc(CC(=O)N2CCN(C(=O)c3cc(Cl)ccc3F)CC2)c1. The third-order valence-electron chi connectivity index (χ3n) is 4.52. The molecule has 0 aromatic heterocycles. The van der Waals surface area contributed by atoms with Gasteiger partial charge in [0.1, 0.15) is 5.82 Å². The zero-order valence-electron chi connectivity index (χ0n) is 14.5. The standard InChI is InChI=1S/C20H20ClFN2O2/c1-14-3-2-4-15(11-14)12-19(25)23-7-9-24(10-8-23)20(26)17-13-16(21)5-6-18(17)22/h2-6,11,13H,7-10,12H2,1H3. The van der Waals surface area contributed by atoms with E-state index in [-0.39, 0.29) is 11.5 Å². The van der Waals surface area contributed by atoms with Gasteiger partial charge in [-0.05, 0) is 30.7 Å². The van der Waals surface area contributed by atoms with Crippen LogP contribution in [0.15, 0.2) is 42.5 Å². The third kappa shape index (κ3) is 4.22. The van der Waals surface area contributed by atoms with Gasteiger partial charge in [0.2, 0.25) is 5.91 Å². The van der Waals surface area contributed by atoms with Crippen LogP contribution >= 0.6 is 11.6 Å². The fraction of sp³-hybridized carbons (Fsp3) is 0.300. The molecule has 1 aliphatic rings. The fourth-order valence-corrected chi connectivity index (χ4v) is 3.27. The van der Waals surface area contributed by atoms with E-state index in [1.54, 1.807) is 9.80 Å². The highest BCUT2D eigenvalue weighted by Gasteiger charge is 2.26. The van der Waals surface area contributed by atoms with Gasteiger partial charge in [0.05, 0.1) is 12.0 Å². The number of aryl methyl sites for hydroxylation is 1. The summed E-state index contributed by atoms with van der Waals surface area (Å²) in [6.07, 6.45) is 0.346. The quantitative estimate of drug-likeness (QED) is 0.827. The van der Waals surface area contributed by atoms with E-state index in [2.05, 4.69) is 0 Å². The number of rotatable bonds is 3. The van der Waals surface area contributed by atoms with Gasteiger partial charge in [0.25, 0.3) is 5.91 Å². The third-order valence-corrected chi connectivity index (χ3v) is 4.75. The van der Waals surface area contributed by atoms with Gasteiger partial charge in [0, 0.05) is 31.2 Å². The highest BCUT2D eigenvalue weighted by molar-refractivity contribution is 6.31. The highest BCUT2D eigenvalue weighted by Crippen LogP contribution is 2.18. The van der Waals surface area contributed by atoms with E-state index < -0.39 is 11.7 Å². The van der Waals surface area contributed by atoms with Crippen molar-refractivity contribution in [1.29, 1.82) is 0 Å². The van der Waals surface area contributed by atoms with Gasteiger partial charge in [-0.1, -0.05) is 41.4 Å². The molecule has 0 N–H and O–H groups in total. The zero-order valence-corrected chi connectivity index (χ0v) is 15.3. The molecule has 0 bridgehead atoms. The molecular weight excluding hydrogens is 355 g/mol. The summed E-state index contributed by atoms with van der Waals surface area (Å²) in [7, 11) is 0. The summed E-state index contributed by atoms with van der Waals surface area (Å²) in [5.74, 6) is -0.940. The van der Waals surface area contributed by atoms with E-state index in [1.807, 2.05) is 31.2 Å². The summed E-state index contributed by atoms with van der Waals surface area (Å²) in [5.41, 5.74) is 2.07. The van der Waals surface area contributed by atoms with E-state index in [9.17, 15) is 14.0 Å². The van der Waals surface area contributed by atoms with E-state index in [4.69, 9.17) is 11.6 Å². The van der Waals surface area contributed by atoms with E-state index >= 15 is 0 Å². The van der Waals surface area contributed by atoms with Crippen molar-refractivity contribution in [2.45, 2.75) is 13.3 Å². The fourth-order valence-electron chi connectivity index (χ4n) is 3.10. The van der Waals surface area contributed by atoms with Crippen molar-refractivity contribution in [3.05, 3.63) is 70.0 Å². The molecule has 1 heterocycles. The molecule has 0 aliphatic carbocycles. The first-order chi connectivity index (χ1) is 12.4. The Kier molecular flexibility index (Phi) is 5.57. The number of carbonyl (C=O) groups is 2. The molecule has 0 spiro atoms. The molecule has 4 nitrogen and oxygen atoms in total. The van der Waals surface area contributed by atoms with Crippen molar-refractivity contribution in [3.63, 3.8) is 0 Å². The van der Waals surface area contributed by atoms with Crippen LogP contribution in [0.2, 0.25) is 5.02 Å². The lowest BCUT2D eigenvalue weighted by atomic mass is 10.1. The van der Waals surface area contributed by atoms with E-state index in [0.29, 0.717) is 37.6 Å². The minimum atomic E-state index is -0.586. The minimum Gasteiger partial charge on any atom is -0.339 e. The van der Waals surface area contributed by atoms with Crippen molar-refractivity contribution in [1.82, 2.24) is 9.80 Å². The first-order valence-corrected chi connectivity index (χ1v) is 8.89. The summed E-state index contributed by atoms with van der Waals surface area (Å²) in [6, 6.07) is 11.8. The molecule has 1 aliphatic heterocycles. The number of benzene rings is 2. The highest BCUT2D eigenvalue weighted by atomic mass is 35.5. The Labute approximate surface area is 157 Å². The Morgan fingerprint density at radius 1 is 1.04 bits per heavy atom. The molecule has 0 unspecified atom stereocenters. The van der Waals surface area contributed by atoms with Crippen LogP contribution in [0.5, 0.6) is 0 Å². The first-order valence-electron chi connectivity index (χ1n) is 8.51. The lowest BCUT2D eigenvalue weighted by Gasteiger charge is -2.35. The number of nitrogens with zero attached hydrogens (tertiary/aromatic N) is 2. The van der Waals surface area contributed by atoms with Crippen molar-refractivity contribution in [2.24, 2.45) is 0 Å². The zero-order chi connectivity index (χ0) is 18.7. The summed E-state index contributed by atoms with van der Waals surface area (Å²) < 4.78 is 13.9. The Balaban J connectivity index is 1.59. The topological polar surface area (TPSA) is 40.6 Å². The van der Waals surface area contributed by atoms with Crippen molar-refractivity contribution < 1.29 is 14.0 Å². The Morgan fingerprint density at radius 3 is 2.42 bits per heavy atom. The molecule has 0 radical (unpaired) electrons. The molecule has 2 amide bonds. The van der Waals surface area contributed by atoms with Gasteiger partial charge in [0.15, 0.2) is 0 Å². The minimum absolute atomic E-state index is 0.0305. The van der Waals surface area contributed by atoms with Crippen molar-refractivity contribution in [2.75, 3.05) is 26.2 Å². The van der Waals surface area contributed by atoms with Crippen LogP contribution in [-0.4, -0.2) is 47.8 Å². The second-order valence-electron chi connectivity index (χ2n) is 6.46.